The number of methoxy groups -OCH3 is 1. The quantitative estimate of drug-likeness (QED) is 0.613. The first-order chi connectivity index (χ1) is 9.79. The highest BCUT2D eigenvalue weighted by molar-refractivity contribution is 5.90. The van der Waals surface area contributed by atoms with E-state index in [4.69, 9.17) is 9.84 Å². The van der Waals surface area contributed by atoms with Gasteiger partial charge in [-0.1, -0.05) is 0 Å². The van der Waals surface area contributed by atoms with Crippen LogP contribution in [0, 0.1) is 15.9 Å². The van der Waals surface area contributed by atoms with Crippen LogP contribution in [-0.2, 0) is 4.74 Å². The molecule has 0 aliphatic carbocycles. The van der Waals surface area contributed by atoms with Gasteiger partial charge in [0.1, 0.15) is 11.5 Å². The van der Waals surface area contributed by atoms with Gasteiger partial charge in [0.2, 0.25) is 0 Å². The average molecular weight is 300 g/mol. The number of nitrogens with zero attached hydrogens (tertiary/aromatic N) is 2. The molecule has 8 heteroatoms. The Labute approximate surface area is 121 Å². The van der Waals surface area contributed by atoms with Gasteiger partial charge in [-0.05, 0) is 19.9 Å². The van der Waals surface area contributed by atoms with Crippen molar-refractivity contribution in [1.29, 1.82) is 0 Å². The number of ether oxygens (including phenoxy) is 1. The second-order valence-corrected chi connectivity index (χ2v) is 4.66. The maximum absolute atomic E-state index is 13.6. The van der Waals surface area contributed by atoms with Crippen molar-refractivity contribution in [1.82, 2.24) is 0 Å². The highest BCUT2D eigenvalue weighted by Crippen LogP contribution is 2.32. The lowest BCUT2D eigenvalue weighted by atomic mass is 10.1. The molecule has 116 valence electrons. The first kappa shape index (κ1) is 16.8. The third-order valence-electron chi connectivity index (χ3n) is 2.96. The third-order valence-corrected chi connectivity index (χ3v) is 2.96. The normalized spacial score (nSPS) is 10.7. The maximum Gasteiger partial charge on any atom is 0.338 e. The molecule has 0 heterocycles. The Balaban J connectivity index is 3.44. The zero-order valence-electron chi connectivity index (χ0n) is 12.0. The van der Waals surface area contributed by atoms with Crippen molar-refractivity contribution in [3.8, 4) is 0 Å². The zero-order valence-corrected chi connectivity index (χ0v) is 12.0. The summed E-state index contributed by atoms with van der Waals surface area (Å²) in [6.45, 7) is 4.21. The first-order valence-electron chi connectivity index (χ1n) is 6.26. The number of nitro benzene ring substituents is 1. The van der Waals surface area contributed by atoms with E-state index in [1.165, 1.54) is 7.11 Å². The summed E-state index contributed by atoms with van der Waals surface area (Å²) in [6, 6.07) is 1.48. The number of carboxylic acids is 1. The summed E-state index contributed by atoms with van der Waals surface area (Å²) in [5.41, 5.74) is -1.01. The molecule has 0 spiro atoms. The number of rotatable bonds is 7. The summed E-state index contributed by atoms with van der Waals surface area (Å²) in [7, 11) is 1.49. The van der Waals surface area contributed by atoms with Crippen molar-refractivity contribution >= 4 is 17.3 Å². The van der Waals surface area contributed by atoms with E-state index in [9.17, 15) is 19.3 Å². The highest BCUT2D eigenvalue weighted by atomic mass is 19.1. The molecule has 0 aliphatic heterocycles. The smallest absolute Gasteiger partial charge is 0.338 e. The van der Waals surface area contributed by atoms with Crippen LogP contribution in [0.4, 0.5) is 15.8 Å². The molecule has 0 aromatic heterocycles. The summed E-state index contributed by atoms with van der Waals surface area (Å²) in [6.07, 6.45) is 0. The Kier molecular flexibility index (Phi) is 5.60. The molecule has 21 heavy (non-hydrogen) atoms. The van der Waals surface area contributed by atoms with Crippen LogP contribution in [-0.4, -0.2) is 42.3 Å². The molecular weight excluding hydrogens is 283 g/mol. The van der Waals surface area contributed by atoms with Crippen LogP contribution >= 0.6 is 0 Å². The molecule has 0 atom stereocenters. The van der Waals surface area contributed by atoms with Gasteiger partial charge in [-0.3, -0.25) is 10.1 Å². The molecule has 0 saturated heterocycles. The van der Waals surface area contributed by atoms with Crippen LogP contribution in [0.25, 0.3) is 0 Å². The standard InChI is InChI=1S/C13H17FN2O5/c1-8(2)15(4-5-21-3)11-6-9(13(17)18)10(14)7-12(11)16(19)20/h6-8H,4-5H2,1-3H3,(H,17,18). The van der Waals surface area contributed by atoms with Crippen molar-refractivity contribution in [3.63, 3.8) is 0 Å². The molecule has 1 aromatic carbocycles. The Hall–Kier alpha value is -2.22. The van der Waals surface area contributed by atoms with Crippen LogP contribution in [0.5, 0.6) is 0 Å². The summed E-state index contributed by atoms with van der Waals surface area (Å²) in [4.78, 5) is 23.0. The van der Waals surface area contributed by atoms with Crippen molar-refractivity contribution in [2.45, 2.75) is 19.9 Å². The van der Waals surface area contributed by atoms with Gasteiger partial charge in [-0.15, -0.1) is 0 Å². The molecule has 1 aromatic rings. The van der Waals surface area contributed by atoms with Gasteiger partial charge in [-0.25, -0.2) is 9.18 Å². The molecule has 7 nitrogen and oxygen atoms in total. The van der Waals surface area contributed by atoms with Crippen LogP contribution in [0.1, 0.15) is 24.2 Å². The van der Waals surface area contributed by atoms with Crippen LogP contribution in [0.2, 0.25) is 0 Å². The summed E-state index contributed by atoms with van der Waals surface area (Å²) in [5.74, 6) is -2.60. The van der Waals surface area contributed by atoms with Crippen molar-refractivity contribution in [2.75, 3.05) is 25.2 Å². The SMILES string of the molecule is COCCN(c1cc(C(=O)O)c(F)cc1[N+](=O)[O-])C(C)C. The number of hydrogen-bond donors (Lipinski definition) is 1. The fraction of sp³-hybridized carbons (Fsp3) is 0.462. The largest absolute Gasteiger partial charge is 0.478 e. The van der Waals surface area contributed by atoms with E-state index < -0.39 is 28.0 Å². The lowest BCUT2D eigenvalue weighted by Crippen LogP contribution is -2.34. The lowest BCUT2D eigenvalue weighted by molar-refractivity contribution is -0.384. The number of anilines is 1. The minimum Gasteiger partial charge on any atom is -0.478 e. The number of halogens is 1. The van der Waals surface area contributed by atoms with E-state index in [0.29, 0.717) is 19.2 Å². The highest BCUT2D eigenvalue weighted by Gasteiger charge is 2.26. The number of nitro groups is 1. The second kappa shape index (κ2) is 6.98. The number of aromatic carboxylic acids is 1. The van der Waals surface area contributed by atoms with Crippen LogP contribution in [0.3, 0.4) is 0 Å². The Morgan fingerprint density at radius 3 is 2.57 bits per heavy atom. The number of hydrogen-bond acceptors (Lipinski definition) is 5. The average Bonchev–Trinajstić information content (AvgIpc) is 2.39. The van der Waals surface area contributed by atoms with E-state index >= 15 is 0 Å². The molecule has 0 saturated carbocycles. The lowest BCUT2D eigenvalue weighted by Gasteiger charge is -2.28. The van der Waals surface area contributed by atoms with Gasteiger partial charge in [0.05, 0.1) is 23.2 Å². The Morgan fingerprint density at radius 1 is 1.52 bits per heavy atom. The minimum atomic E-state index is -1.47. The van der Waals surface area contributed by atoms with Gasteiger partial charge in [0, 0.05) is 19.7 Å². The maximum atomic E-state index is 13.6. The van der Waals surface area contributed by atoms with Gasteiger partial charge >= 0.3 is 5.97 Å². The van der Waals surface area contributed by atoms with Crippen LogP contribution in [0.15, 0.2) is 12.1 Å². The minimum absolute atomic E-state index is 0.0610. The Bertz CT molecular complexity index is 548. The molecule has 0 radical (unpaired) electrons. The van der Waals surface area contributed by atoms with E-state index in [-0.39, 0.29) is 11.7 Å². The molecule has 1 rings (SSSR count). The van der Waals surface area contributed by atoms with Gasteiger partial charge in [0.25, 0.3) is 5.69 Å². The predicted molar refractivity (Wildman–Crippen MR) is 74.4 cm³/mol. The van der Waals surface area contributed by atoms with Crippen molar-refractivity contribution in [2.24, 2.45) is 0 Å². The van der Waals surface area contributed by atoms with E-state index in [1.54, 1.807) is 18.7 Å². The Morgan fingerprint density at radius 2 is 2.14 bits per heavy atom. The summed E-state index contributed by atoms with van der Waals surface area (Å²) < 4.78 is 18.6. The van der Waals surface area contributed by atoms with Crippen LogP contribution < -0.4 is 4.90 Å². The summed E-state index contributed by atoms with van der Waals surface area (Å²) in [5, 5.41) is 20.1. The van der Waals surface area contributed by atoms with Crippen molar-refractivity contribution in [3.05, 3.63) is 33.6 Å². The fourth-order valence-electron chi connectivity index (χ4n) is 1.94. The molecule has 0 aliphatic rings. The van der Waals surface area contributed by atoms with Gasteiger partial charge in [0.15, 0.2) is 0 Å². The number of benzene rings is 1. The van der Waals surface area contributed by atoms with Crippen molar-refractivity contribution < 1.29 is 24.0 Å². The molecule has 0 amide bonds. The zero-order chi connectivity index (χ0) is 16.2. The number of carboxylic acid groups (broad SMARTS) is 1. The first-order valence-corrected chi connectivity index (χ1v) is 6.26. The molecule has 0 unspecified atom stereocenters. The second-order valence-electron chi connectivity index (χ2n) is 4.66. The molecule has 1 N–H and O–H groups in total. The van der Waals surface area contributed by atoms with Gasteiger partial charge in [-0.2, -0.15) is 0 Å². The number of carbonyl (C=O) groups is 1. The topological polar surface area (TPSA) is 92.9 Å². The molecule has 0 fully saturated rings. The van der Waals surface area contributed by atoms with E-state index in [1.807, 2.05) is 0 Å². The van der Waals surface area contributed by atoms with E-state index in [0.717, 1.165) is 6.07 Å². The summed E-state index contributed by atoms with van der Waals surface area (Å²) >= 11 is 0. The predicted octanol–water partition coefficient (Wildman–Crippen LogP) is 2.29. The van der Waals surface area contributed by atoms with Gasteiger partial charge < -0.3 is 14.7 Å². The molecular formula is C13H17FN2O5. The molecule has 0 bridgehead atoms. The third kappa shape index (κ3) is 3.88. The van der Waals surface area contributed by atoms with E-state index in [2.05, 4.69) is 0 Å². The monoisotopic (exact) mass is 300 g/mol. The fourth-order valence-corrected chi connectivity index (χ4v) is 1.94.